The molecule has 0 aromatic carbocycles. The van der Waals surface area contributed by atoms with Crippen LogP contribution in [0.3, 0.4) is 0 Å². The number of carbonyl (C=O) groups excluding carboxylic acids is 2. The SMILES string of the molecule is C=CC(=O)NCC(=O)OC1(C)C2CC3OS(=O)(=O)C1C3O2. The number of rotatable bonds is 4. The first-order chi connectivity index (χ1) is 9.78. The number of nitrogens with one attached hydrogen (secondary N) is 1. The lowest BCUT2D eigenvalue weighted by Crippen LogP contribution is -2.54. The van der Waals surface area contributed by atoms with Crippen LogP contribution in [-0.2, 0) is 33.4 Å². The van der Waals surface area contributed by atoms with Crippen LogP contribution in [0.2, 0.25) is 0 Å². The fraction of sp³-hybridized carbons (Fsp3) is 0.667. The molecule has 8 nitrogen and oxygen atoms in total. The Morgan fingerprint density at radius 3 is 2.90 bits per heavy atom. The maximum atomic E-state index is 12.0. The summed E-state index contributed by atoms with van der Waals surface area (Å²) >= 11 is 0. The zero-order valence-electron chi connectivity index (χ0n) is 11.3. The monoisotopic (exact) mass is 317 g/mol. The molecule has 1 N–H and O–H groups in total. The first kappa shape index (κ1) is 14.5. The van der Waals surface area contributed by atoms with Crippen molar-refractivity contribution in [1.82, 2.24) is 5.32 Å². The fourth-order valence-electron chi connectivity index (χ4n) is 3.24. The average Bonchev–Trinajstić information content (AvgIpc) is 2.95. The third-order valence-corrected chi connectivity index (χ3v) is 6.01. The van der Waals surface area contributed by atoms with Crippen LogP contribution in [0.5, 0.6) is 0 Å². The highest BCUT2D eigenvalue weighted by atomic mass is 32.2. The zero-order valence-corrected chi connectivity index (χ0v) is 12.1. The topological polar surface area (TPSA) is 108 Å². The molecule has 0 aromatic heterocycles. The summed E-state index contributed by atoms with van der Waals surface area (Å²) < 4.78 is 39.9. The third-order valence-electron chi connectivity index (χ3n) is 4.13. The van der Waals surface area contributed by atoms with Crippen molar-refractivity contribution in [1.29, 1.82) is 0 Å². The largest absolute Gasteiger partial charge is 0.454 e. The minimum absolute atomic E-state index is 0.364. The normalized spacial score (nSPS) is 41.8. The Kier molecular flexibility index (Phi) is 3.12. The molecule has 1 amide bonds. The van der Waals surface area contributed by atoms with Gasteiger partial charge in [-0.2, -0.15) is 8.42 Å². The molecule has 9 heteroatoms. The number of carbonyl (C=O) groups is 2. The average molecular weight is 317 g/mol. The number of amides is 1. The van der Waals surface area contributed by atoms with Gasteiger partial charge in [-0.3, -0.25) is 13.8 Å². The van der Waals surface area contributed by atoms with Gasteiger partial charge in [-0.05, 0) is 13.0 Å². The number of esters is 1. The molecule has 5 unspecified atom stereocenters. The molecule has 3 fully saturated rings. The molecule has 3 aliphatic heterocycles. The molecule has 0 saturated carbocycles. The van der Waals surface area contributed by atoms with Crippen LogP contribution >= 0.6 is 0 Å². The summed E-state index contributed by atoms with van der Waals surface area (Å²) in [6.07, 6.45) is -0.217. The number of fused-ring (bicyclic) bond motifs is 1. The van der Waals surface area contributed by atoms with Gasteiger partial charge in [-0.15, -0.1) is 0 Å². The summed E-state index contributed by atoms with van der Waals surface area (Å²) in [5, 5.41) is 1.26. The fourth-order valence-corrected chi connectivity index (χ4v) is 5.23. The van der Waals surface area contributed by atoms with E-state index in [1.54, 1.807) is 0 Å². The first-order valence-corrected chi connectivity index (χ1v) is 7.95. The highest BCUT2D eigenvalue weighted by molar-refractivity contribution is 7.87. The molecule has 3 heterocycles. The van der Waals surface area contributed by atoms with Crippen molar-refractivity contribution < 1.29 is 31.7 Å². The maximum absolute atomic E-state index is 12.0. The Labute approximate surface area is 121 Å². The van der Waals surface area contributed by atoms with Crippen molar-refractivity contribution in [3.05, 3.63) is 12.7 Å². The summed E-state index contributed by atoms with van der Waals surface area (Å²) in [7, 11) is -3.83. The lowest BCUT2D eigenvalue weighted by atomic mass is 9.84. The molecule has 0 aliphatic carbocycles. The Morgan fingerprint density at radius 2 is 2.24 bits per heavy atom. The van der Waals surface area contributed by atoms with Gasteiger partial charge in [0.2, 0.25) is 5.91 Å². The minimum Gasteiger partial charge on any atom is -0.454 e. The number of hydrogen-bond acceptors (Lipinski definition) is 7. The van der Waals surface area contributed by atoms with Crippen LogP contribution in [0.15, 0.2) is 12.7 Å². The summed E-state index contributed by atoms with van der Waals surface area (Å²) in [5.74, 6) is -1.25. The molecule has 0 spiro atoms. The van der Waals surface area contributed by atoms with E-state index in [0.717, 1.165) is 6.08 Å². The van der Waals surface area contributed by atoms with Gasteiger partial charge in [0.1, 0.15) is 24.9 Å². The standard InChI is InChI=1S/C12H15NO7S/c1-3-8(14)13-5-9(15)19-12(2)7-4-6-10(18-7)11(12)21(16,17)20-6/h3,6-7,10-11H,1,4-5H2,2H3,(H,13,14). The summed E-state index contributed by atoms with van der Waals surface area (Å²) in [6, 6.07) is 0. The van der Waals surface area contributed by atoms with E-state index >= 15 is 0 Å². The van der Waals surface area contributed by atoms with Crippen LogP contribution in [0.4, 0.5) is 0 Å². The van der Waals surface area contributed by atoms with Gasteiger partial charge in [0.15, 0.2) is 10.9 Å². The molecular weight excluding hydrogens is 302 g/mol. The number of hydrogen-bond donors (Lipinski definition) is 1. The van der Waals surface area contributed by atoms with Crippen LogP contribution in [0.1, 0.15) is 13.3 Å². The predicted octanol–water partition coefficient (Wildman–Crippen LogP) is -1.14. The van der Waals surface area contributed by atoms with Gasteiger partial charge < -0.3 is 14.8 Å². The Bertz CT molecular complexity index is 613. The smallest absolute Gasteiger partial charge is 0.326 e. The van der Waals surface area contributed by atoms with E-state index in [-0.39, 0.29) is 6.54 Å². The quantitative estimate of drug-likeness (QED) is 0.396. The second kappa shape index (κ2) is 4.52. The van der Waals surface area contributed by atoms with Crippen LogP contribution < -0.4 is 5.32 Å². The van der Waals surface area contributed by atoms with E-state index in [4.69, 9.17) is 13.7 Å². The molecule has 116 valence electrons. The van der Waals surface area contributed by atoms with Crippen LogP contribution in [-0.4, -0.2) is 56.0 Å². The highest BCUT2D eigenvalue weighted by Crippen LogP contribution is 2.53. The molecule has 0 aromatic rings. The van der Waals surface area contributed by atoms with Crippen molar-refractivity contribution in [3.8, 4) is 0 Å². The van der Waals surface area contributed by atoms with Gasteiger partial charge in [0.05, 0.1) is 0 Å². The van der Waals surface area contributed by atoms with E-state index in [2.05, 4.69) is 11.9 Å². The molecule has 5 atom stereocenters. The summed E-state index contributed by atoms with van der Waals surface area (Å²) in [6.45, 7) is 4.42. The molecule has 3 saturated heterocycles. The summed E-state index contributed by atoms with van der Waals surface area (Å²) in [5.41, 5.74) is -1.30. The number of ether oxygens (including phenoxy) is 2. The van der Waals surface area contributed by atoms with Crippen molar-refractivity contribution in [2.24, 2.45) is 0 Å². The van der Waals surface area contributed by atoms with Crippen molar-refractivity contribution >= 4 is 22.0 Å². The van der Waals surface area contributed by atoms with E-state index in [9.17, 15) is 18.0 Å². The van der Waals surface area contributed by atoms with E-state index in [1.807, 2.05) is 0 Å². The lowest BCUT2D eigenvalue weighted by molar-refractivity contribution is -0.162. The van der Waals surface area contributed by atoms with Crippen LogP contribution in [0, 0.1) is 0 Å². The van der Waals surface area contributed by atoms with Gasteiger partial charge >= 0.3 is 5.97 Å². The van der Waals surface area contributed by atoms with Crippen molar-refractivity contribution in [2.45, 2.75) is 42.5 Å². The maximum Gasteiger partial charge on any atom is 0.326 e. The molecule has 3 aliphatic rings. The molecular formula is C12H15NO7S. The Hall–Kier alpha value is -1.45. The van der Waals surface area contributed by atoms with Crippen LogP contribution in [0.25, 0.3) is 0 Å². The van der Waals surface area contributed by atoms with Crippen molar-refractivity contribution in [3.63, 3.8) is 0 Å². The van der Waals surface area contributed by atoms with Gasteiger partial charge in [-0.25, -0.2) is 0 Å². The van der Waals surface area contributed by atoms with Gasteiger partial charge in [0, 0.05) is 6.42 Å². The van der Waals surface area contributed by atoms with E-state index in [0.29, 0.717) is 6.42 Å². The lowest BCUT2D eigenvalue weighted by Gasteiger charge is -2.33. The Balaban J connectivity index is 1.74. The molecule has 3 rings (SSSR count). The van der Waals surface area contributed by atoms with E-state index in [1.165, 1.54) is 6.92 Å². The van der Waals surface area contributed by atoms with Crippen molar-refractivity contribution in [2.75, 3.05) is 6.54 Å². The first-order valence-electron chi connectivity index (χ1n) is 6.47. The zero-order chi connectivity index (χ0) is 15.4. The molecule has 2 bridgehead atoms. The molecule has 0 radical (unpaired) electrons. The third kappa shape index (κ3) is 2.07. The predicted molar refractivity (Wildman–Crippen MR) is 68.6 cm³/mol. The Morgan fingerprint density at radius 1 is 1.52 bits per heavy atom. The molecule has 21 heavy (non-hydrogen) atoms. The summed E-state index contributed by atoms with van der Waals surface area (Å²) in [4.78, 5) is 22.8. The van der Waals surface area contributed by atoms with Gasteiger partial charge in [0.25, 0.3) is 10.1 Å². The van der Waals surface area contributed by atoms with Gasteiger partial charge in [-0.1, -0.05) is 6.58 Å². The second-order valence-electron chi connectivity index (χ2n) is 5.45. The van der Waals surface area contributed by atoms with E-state index < -0.39 is 51.2 Å². The second-order valence-corrected chi connectivity index (χ2v) is 7.14. The highest BCUT2D eigenvalue weighted by Gasteiger charge is 2.73. The minimum atomic E-state index is -3.83.